The van der Waals surface area contributed by atoms with Crippen molar-refractivity contribution in [3.63, 3.8) is 0 Å². The van der Waals surface area contributed by atoms with Gasteiger partial charge in [0.25, 0.3) is 0 Å². The average molecular weight is 371 g/mol. The number of rotatable bonds is 3. The number of anilines is 1. The molecule has 0 aromatic carbocycles. The van der Waals surface area contributed by atoms with Crippen LogP contribution in [0.3, 0.4) is 0 Å². The number of hydrogen-bond acceptors (Lipinski definition) is 5. The molecule has 5 nitrogen and oxygen atoms in total. The van der Waals surface area contributed by atoms with Crippen LogP contribution in [-0.4, -0.2) is 28.0 Å². The number of furan rings is 1. The standard InChI is InChI=1S/C20H22N4O.ClH/c1-15-16(9-13-25-15)19-17(18-8-4-5-10-21-18)14-22-20(23-19)24-11-6-2-3-7-12-24;/h4-5,8-10,13-14H,2-3,6-7,11-12H2,1H3;1H. The second-order valence-corrected chi connectivity index (χ2v) is 6.44. The Balaban J connectivity index is 0.00000196. The van der Waals surface area contributed by atoms with Crippen LogP contribution in [0.1, 0.15) is 31.4 Å². The first-order valence-electron chi connectivity index (χ1n) is 8.91. The summed E-state index contributed by atoms with van der Waals surface area (Å²) in [5.41, 5.74) is 3.70. The summed E-state index contributed by atoms with van der Waals surface area (Å²) in [5, 5.41) is 0. The quantitative estimate of drug-likeness (QED) is 0.655. The van der Waals surface area contributed by atoms with Gasteiger partial charge < -0.3 is 9.32 Å². The van der Waals surface area contributed by atoms with Crippen molar-refractivity contribution in [1.29, 1.82) is 0 Å². The molecule has 3 aromatic rings. The number of nitrogens with zero attached hydrogens (tertiary/aromatic N) is 4. The van der Waals surface area contributed by atoms with Gasteiger partial charge in [-0.2, -0.15) is 0 Å². The zero-order valence-electron chi connectivity index (χ0n) is 14.9. The summed E-state index contributed by atoms with van der Waals surface area (Å²) in [7, 11) is 0. The molecule has 1 fully saturated rings. The Bertz CT molecular complexity index is 842. The lowest BCUT2D eigenvalue weighted by Crippen LogP contribution is -2.26. The van der Waals surface area contributed by atoms with E-state index in [-0.39, 0.29) is 12.4 Å². The molecule has 0 aliphatic carbocycles. The molecule has 0 N–H and O–H groups in total. The molecule has 0 bridgehead atoms. The third kappa shape index (κ3) is 3.73. The van der Waals surface area contributed by atoms with Gasteiger partial charge in [-0.25, -0.2) is 9.97 Å². The first-order chi connectivity index (χ1) is 12.3. The van der Waals surface area contributed by atoms with E-state index in [1.54, 1.807) is 12.5 Å². The lowest BCUT2D eigenvalue weighted by molar-refractivity contribution is 0.535. The van der Waals surface area contributed by atoms with Gasteiger partial charge in [-0.1, -0.05) is 18.9 Å². The van der Waals surface area contributed by atoms with Crippen molar-refractivity contribution < 1.29 is 4.42 Å². The van der Waals surface area contributed by atoms with Gasteiger partial charge in [0.15, 0.2) is 0 Å². The molecule has 26 heavy (non-hydrogen) atoms. The zero-order valence-corrected chi connectivity index (χ0v) is 15.7. The van der Waals surface area contributed by atoms with Crippen molar-refractivity contribution in [2.75, 3.05) is 18.0 Å². The van der Waals surface area contributed by atoms with Crippen LogP contribution in [0.4, 0.5) is 5.95 Å². The minimum Gasteiger partial charge on any atom is -0.469 e. The Kier molecular flexibility index (Phi) is 5.89. The normalized spacial score (nSPS) is 14.6. The van der Waals surface area contributed by atoms with Crippen LogP contribution in [0.2, 0.25) is 0 Å². The molecule has 0 spiro atoms. The van der Waals surface area contributed by atoms with Gasteiger partial charge in [0.1, 0.15) is 5.76 Å². The van der Waals surface area contributed by atoms with Crippen LogP contribution >= 0.6 is 12.4 Å². The van der Waals surface area contributed by atoms with Crippen LogP contribution < -0.4 is 4.90 Å². The summed E-state index contributed by atoms with van der Waals surface area (Å²) in [6.07, 6.45) is 10.4. The van der Waals surface area contributed by atoms with Gasteiger partial charge >= 0.3 is 0 Å². The minimum absolute atomic E-state index is 0. The largest absolute Gasteiger partial charge is 0.469 e. The zero-order chi connectivity index (χ0) is 17.1. The van der Waals surface area contributed by atoms with Gasteiger partial charge in [0, 0.05) is 36.6 Å². The van der Waals surface area contributed by atoms with E-state index in [0.29, 0.717) is 0 Å². The number of halogens is 1. The van der Waals surface area contributed by atoms with Crippen LogP contribution in [0.5, 0.6) is 0 Å². The molecule has 0 radical (unpaired) electrons. The Morgan fingerprint density at radius 3 is 2.42 bits per heavy atom. The van der Waals surface area contributed by atoms with Crippen molar-refractivity contribution in [1.82, 2.24) is 15.0 Å². The first kappa shape index (κ1) is 18.4. The molecule has 0 saturated carbocycles. The third-order valence-corrected chi connectivity index (χ3v) is 4.72. The SMILES string of the molecule is Cc1occc1-c1nc(N2CCCCCC2)ncc1-c1ccccn1.Cl. The molecule has 6 heteroatoms. The fourth-order valence-corrected chi connectivity index (χ4v) is 3.34. The number of aryl methyl sites for hydroxylation is 1. The van der Waals surface area contributed by atoms with Gasteiger partial charge in [-0.15, -0.1) is 12.4 Å². The summed E-state index contributed by atoms with van der Waals surface area (Å²) in [5.74, 6) is 1.66. The van der Waals surface area contributed by atoms with E-state index in [9.17, 15) is 0 Å². The summed E-state index contributed by atoms with van der Waals surface area (Å²) >= 11 is 0. The first-order valence-corrected chi connectivity index (χ1v) is 8.91. The monoisotopic (exact) mass is 370 g/mol. The highest BCUT2D eigenvalue weighted by Crippen LogP contribution is 2.33. The molecular formula is C20H23ClN4O. The van der Waals surface area contributed by atoms with Crippen molar-refractivity contribution in [3.8, 4) is 22.5 Å². The molecule has 4 heterocycles. The van der Waals surface area contributed by atoms with E-state index >= 15 is 0 Å². The van der Waals surface area contributed by atoms with Crippen molar-refractivity contribution >= 4 is 18.4 Å². The maximum Gasteiger partial charge on any atom is 0.225 e. The van der Waals surface area contributed by atoms with Crippen molar-refractivity contribution in [3.05, 3.63) is 48.7 Å². The predicted molar refractivity (Wildman–Crippen MR) is 106 cm³/mol. The number of aromatic nitrogens is 3. The van der Waals surface area contributed by atoms with E-state index in [4.69, 9.17) is 9.40 Å². The molecule has 4 rings (SSSR count). The number of hydrogen-bond donors (Lipinski definition) is 0. The highest BCUT2D eigenvalue weighted by Gasteiger charge is 2.19. The lowest BCUT2D eigenvalue weighted by atomic mass is 10.1. The van der Waals surface area contributed by atoms with Gasteiger partial charge in [-0.3, -0.25) is 4.98 Å². The molecule has 1 aliphatic heterocycles. The molecular weight excluding hydrogens is 348 g/mol. The highest BCUT2D eigenvalue weighted by molar-refractivity contribution is 5.85. The van der Waals surface area contributed by atoms with Gasteiger partial charge in [0.05, 0.1) is 17.7 Å². The summed E-state index contributed by atoms with van der Waals surface area (Å²) < 4.78 is 5.52. The smallest absolute Gasteiger partial charge is 0.225 e. The minimum atomic E-state index is 0. The summed E-state index contributed by atoms with van der Waals surface area (Å²) in [4.78, 5) is 16.4. The van der Waals surface area contributed by atoms with E-state index < -0.39 is 0 Å². The van der Waals surface area contributed by atoms with Crippen LogP contribution in [0.25, 0.3) is 22.5 Å². The maximum atomic E-state index is 5.52. The van der Waals surface area contributed by atoms with E-state index in [1.807, 2.05) is 37.4 Å². The van der Waals surface area contributed by atoms with Crippen molar-refractivity contribution in [2.24, 2.45) is 0 Å². The molecule has 1 aliphatic rings. The Labute approximate surface area is 159 Å². The van der Waals surface area contributed by atoms with Gasteiger partial charge in [0.2, 0.25) is 5.95 Å². The maximum absolute atomic E-state index is 5.52. The molecule has 136 valence electrons. The van der Waals surface area contributed by atoms with Gasteiger partial charge in [-0.05, 0) is 38.0 Å². The van der Waals surface area contributed by atoms with E-state index in [0.717, 1.165) is 47.3 Å². The van der Waals surface area contributed by atoms with E-state index in [2.05, 4.69) is 14.9 Å². The van der Waals surface area contributed by atoms with Crippen LogP contribution in [0.15, 0.2) is 47.3 Å². The molecule has 0 unspecified atom stereocenters. The van der Waals surface area contributed by atoms with Crippen LogP contribution in [-0.2, 0) is 0 Å². The molecule has 3 aromatic heterocycles. The summed E-state index contributed by atoms with van der Waals surface area (Å²) in [6, 6.07) is 7.86. The molecule has 1 saturated heterocycles. The topological polar surface area (TPSA) is 55.1 Å². The van der Waals surface area contributed by atoms with Crippen LogP contribution in [0, 0.1) is 6.92 Å². The second kappa shape index (κ2) is 8.32. The fourth-order valence-electron chi connectivity index (χ4n) is 3.34. The number of pyridine rings is 1. The molecule has 0 atom stereocenters. The Morgan fingerprint density at radius 2 is 1.77 bits per heavy atom. The summed E-state index contributed by atoms with van der Waals surface area (Å²) in [6.45, 7) is 4.00. The average Bonchev–Trinajstić information content (AvgIpc) is 2.92. The lowest BCUT2D eigenvalue weighted by Gasteiger charge is -2.21. The highest BCUT2D eigenvalue weighted by atomic mass is 35.5. The predicted octanol–water partition coefficient (Wildman–Crippen LogP) is 4.91. The second-order valence-electron chi connectivity index (χ2n) is 6.44. The third-order valence-electron chi connectivity index (χ3n) is 4.72. The van der Waals surface area contributed by atoms with Crippen molar-refractivity contribution in [2.45, 2.75) is 32.6 Å². The Morgan fingerprint density at radius 1 is 0.962 bits per heavy atom. The Hall–Kier alpha value is -2.40. The molecule has 0 amide bonds. The van der Waals surface area contributed by atoms with E-state index in [1.165, 1.54) is 25.7 Å². The fraction of sp³-hybridized carbons (Fsp3) is 0.350.